The molecule has 0 aromatic heterocycles. The van der Waals surface area contributed by atoms with Crippen LogP contribution in [-0.2, 0) is 4.74 Å². The van der Waals surface area contributed by atoms with Gasteiger partial charge in [-0.1, -0.05) is 0 Å². The van der Waals surface area contributed by atoms with Gasteiger partial charge in [0.2, 0.25) is 0 Å². The SMILES string of the molecule is Nc1ccc(SCCCC2CCCO2)c(Br)c1. The summed E-state index contributed by atoms with van der Waals surface area (Å²) in [7, 11) is 0. The molecular weight excluding hydrogens is 298 g/mol. The van der Waals surface area contributed by atoms with Crippen LogP contribution in [0.1, 0.15) is 25.7 Å². The van der Waals surface area contributed by atoms with Crippen molar-refractivity contribution in [3.05, 3.63) is 22.7 Å². The number of halogens is 1. The molecule has 1 fully saturated rings. The smallest absolute Gasteiger partial charge is 0.0576 e. The first-order valence-electron chi connectivity index (χ1n) is 6.05. The van der Waals surface area contributed by atoms with E-state index < -0.39 is 0 Å². The van der Waals surface area contributed by atoms with Crippen LogP contribution in [0.4, 0.5) is 5.69 Å². The molecule has 1 saturated heterocycles. The Morgan fingerprint density at radius 2 is 2.35 bits per heavy atom. The lowest BCUT2D eigenvalue weighted by Crippen LogP contribution is -2.04. The van der Waals surface area contributed by atoms with E-state index in [0.29, 0.717) is 6.10 Å². The van der Waals surface area contributed by atoms with Gasteiger partial charge in [0, 0.05) is 21.7 Å². The van der Waals surface area contributed by atoms with E-state index in [1.165, 1.54) is 30.6 Å². The Morgan fingerprint density at radius 1 is 1.47 bits per heavy atom. The second-order valence-corrected chi connectivity index (χ2v) is 6.31. The lowest BCUT2D eigenvalue weighted by molar-refractivity contribution is 0.104. The minimum atomic E-state index is 0.519. The molecule has 1 aliphatic rings. The van der Waals surface area contributed by atoms with E-state index in [-0.39, 0.29) is 0 Å². The molecule has 0 amide bonds. The van der Waals surface area contributed by atoms with Crippen molar-refractivity contribution in [1.82, 2.24) is 0 Å². The van der Waals surface area contributed by atoms with E-state index in [2.05, 4.69) is 22.0 Å². The van der Waals surface area contributed by atoms with Crippen LogP contribution in [0.3, 0.4) is 0 Å². The molecule has 0 bridgehead atoms. The number of nitrogen functional groups attached to an aromatic ring is 1. The summed E-state index contributed by atoms with van der Waals surface area (Å²) in [5.74, 6) is 1.14. The molecule has 1 unspecified atom stereocenters. The predicted molar refractivity (Wildman–Crippen MR) is 77.5 cm³/mol. The maximum absolute atomic E-state index is 5.71. The molecule has 1 aliphatic heterocycles. The third-order valence-corrected chi connectivity index (χ3v) is 4.99. The molecule has 94 valence electrons. The van der Waals surface area contributed by atoms with Gasteiger partial charge in [0.15, 0.2) is 0 Å². The van der Waals surface area contributed by atoms with Crippen LogP contribution in [0, 0.1) is 0 Å². The van der Waals surface area contributed by atoms with E-state index in [0.717, 1.165) is 22.5 Å². The van der Waals surface area contributed by atoms with Gasteiger partial charge in [-0.15, -0.1) is 11.8 Å². The fraction of sp³-hybridized carbons (Fsp3) is 0.538. The first-order valence-corrected chi connectivity index (χ1v) is 7.83. The zero-order valence-corrected chi connectivity index (χ0v) is 12.2. The minimum Gasteiger partial charge on any atom is -0.399 e. The molecule has 0 spiro atoms. The lowest BCUT2D eigenvalue weighted by Gasteiger charge is -2.09. The lowest BCUT2D eigenvalue weighted by atomic mass is 10.1. The van der Waals surface area contributed by atoms with Crippen molar-refractivity contribution in [2.75, 3.05) is 18.1 Å². The summed E-state index contributed by atoms with van der Waals surface area (Å²) in [5, 5.41) is 0. The van der Waals surface area contributed by atoms with Crippen molar-refractivity contribution < 1.29 is 4.74 Å². The average Bonchev–Trinajstić information content (AvgIpc) is 2.79. The van der Waals surface area contributed by atoms with Gasteiger partial charge in [0.05, 0.1) is 6.10 Å². The zero-order chi connectivity index (χ0) is 12.1. The molecule has 0 radical (unpaired) electrons. The third kappa shape index (κ3) is 4.19. The van der Waals surface area contributed by atoms with E-state index in [4.69, 9.17) is 10.5 Å². The highest BCUT2D eigenvalue weighted by Crippen LogP contribution is 2.30. The molecule has 4 heteroatoms. The quantitative estimate of drug-likeness (QED) is 0.505. The Hall–Kier alpha value is -0.190. The minimum absolute atomic E-state index is 0.519. The van der Waals surface area contributed by atoms with Crippen molar-refractivity contribution in [2.45, 2.75) is 36.7 Å². The summed E-state index contributed by atoms with van der Waals surface area (Å²) in [6.45, 7) is 0.960. The number of hydrogen-bond donors (Lipinski definition) is 1. The van der Waals surface area contributed by atoms with Gasteiger partial charge in [0.25, 0.3) is 0 Å². The number of rotatable bonds is 5. The van der Waals surface area contributed by atoms with Crippen LogP contribution in [-0.4, -0.2) is 18.5 Å². The highest BCUT2D eigenvalue weighted by molar-refractivity contribution is 9.10. The summed E-state index contributed by atoms with van der Waals surface area (Å²) in [4.78, 5) is 1.27. The van der Waals surface area contributed by atoms with Crippen molar-refractivity contribution in [3.63, 3.8) is 0 Å². The molecule has 1 aromatic carbocycles. The molecule has 1 atom stereocenters. The first kappa shape index (κ1) is 13.2. The van der Waals surface area contributed by atoms with Crippen molar-refractivity contribution >= 4 is 33.4 Å². The summed E-state index contributed by atoms with van der Waals surface area (Å²) in [6.07, 6.45) is 5.41. The van der Waals surface area contributed by atoms with Crippen molar-refractivity contribution in [1.29, 1.82) is 0 Å². The second kappa shape index (κ2) is 6.66. The normalized spacial score (nSPS) is 19.7. The molecule has 2 nitrogen and oxygen atoms in total. The van der Waals surface area contributed by atoms with E-state index in [1.807, 2.05) is 23.9 Å². The molecule has 2 N–H and O–H groups in total. The first-order chi connectivity index (χ1) is 8.25. The van der Waals surface area contributed by atoms with Gasteiger partial charge in [-0.05, 0) is 65.6 Å². The highest BCUT2D eigenvalue weighted by atomic mass is 79.9. The molecule has 1 aromatic rings. The van der Waals surface area contributed by atoms with Crippen LogP contribution < -0.4 is 5.73 Å². The number of benzene rings is 1. The fourth-order valence-corrected chi connectivity index (χ4v) is 3.63. The van der Waals surface area contributed by atoms with Gasteiger partial charge in [-0.25, -0.2) is 0 Å². The Morgan fingerprint density at radius 3 is 3.06 bits per heavy atom. The molecular formula is C13H18BrNOS. The zero-order valence-electron chi connectivity index (χ0n) is 9.82. The van der Waals surface area contributed by atoms with Crippen molar-refractivity contribution in [3.8, 4) is 0 Å². The van der Waals surface area contributed by atoms with Gasteiger partial charge in [-0.2, -0.15) is 0 Å². The Labute approximate surface area is 115 Å². The summed E-state index contributed by atoms with van der Waals surface area (Å²) >= 11 is 5.42. The molecule has 2 rings (SSSR count). The predicted octanol–water partition coefficient (Wildman–Crippen LogP) is 4.08. The number of ether oxygens (including phenoxy) is 1. The number of thioether (sulfide) groups is 1. The van der Waals surface area contributed by atoms with Crippen LogP contribution in [0.5, 0.6) is 0 Å². The monoisotopic (exact) mass is 315 g/mol. The second-order valence-electron chi connectivity index (χ2n) is 4.32. The highest BCUT2D eigenvalue weighted by Gasteiger charge is 2.14. The number of nitrogens with two attached hydrogens (primary N) is 1. The van der Waals surface area contributed by atoms with E-state index in [1.54, 1.807) is 0 Å². The van der Waals surface area contributed by atoms with Crippen LogP contribution in [0.2, 0.25) is 0 Å². The van der Waals surface area contributed by atoms with Crippen LogP contribution >= 0.6 is 27.7 Å². The summed E-state index contributed by atoms with van der Waals surface area (Å²) < 4.78 is 6.71. The standard InChI is InChI=1S/C13H18BrNOS/c14-12-9-10(15)5-6-13(12)17-8-2-4-11-3-1-7-16-11/h5-6,9,11H,1-4,7-8,15H2. The maximum atomic E-state index is 5.71. The van der Waals surface area contributed by atoms with Crippen LogP contribution in [0.15, 0.2) is 27.6 Å². The summed E-state index contributed by atoms with van der Waals surface area (Å²) in [5.41, 5.74) is 6.52. The van der Waals surface area contributed by atoms with Gasteiger partial charge < -0.3 is 10.5 Å². The van der Waals surface area contributed by atoms with Gasteiger partial charge in [0.1, 0.15) is 0 Å². The molecule has 0 aliphatic carbocycles. The number of anilines is 1. The van der Waals surface area contributed by atoms with E-state index in [9.17, 15) is 0 Å². The largest absolute Gasteiger partial charge is 0.399 e. The topological polar surface area (TPSA) is 35.2 Å². The van der Waals surface area contributed by atoms with Crippen molar-refractivity contribution in [2.24, 2.45) is 0 Å². The summed E-state index contributed by atoms with van der Waals surface area (Å²) in [6, 6.07) is 5.99. The van der Waals surface area contributed by atoms with Crippen LogP contribution in [0.25, 0.3) is 0 Å². The van der Waals surface area contributed by atoms with Gasteiger partial charge >= 0.3 is 0 Å². The maximum Gasteiger partial charge on any atom is 0.0576 e. The third-order valence-electron chi connectivity index (χ3n) is 2.91. The van der Waals surface area contributed by atoms with E-state index >= 15 is 0 Å². The Kier molecular flexibility index (Phi) is 5.19. The molecule has 1 heterocycles. The van der Waals surface area contributed by atoms with Gasteiger partial charge in [-0.3, -0.25) is 0 Å². The molecule has 17 heavy (non-hydrogen) atoms. The number of hydrogen-bond acceptors (Lipinski definition) is 3. The Balaban J connectivity index is 1.70. The average molecular weight is 316 g/mol. The fourth-order valence-electron chi connectivity index (χ4n) is 2.00. The Bertz CT molecular complexity index is 366. The molecule has 0 saturated carbocycles.